The van der Waals surface area contributed by atoms with Crippen LogP contribution < -0.4 is 16.0 Å². The summed E-state index contributed by atoms with van der Waals surface area (Å²) in [4.78, 5) is 16.1. The van der Waals surface area contributed by atoms with Crippen molar-refractivity contribution in [2.45, 2.75) is 20.4 Å². The average Bonchev–Trinajstić information content (AvgIpc) is 2.50. The fourth-order valence-corrected chi connectivity index (χ4v) is 1.84. The van der Waals surface area contributed by atoms with Crippen LogP contribution in [0.3, 0.4) is 0 Å². The Morgan fingerprint density at radius 2 is 2.09 bits per heavy atom. The molecule has 0 aromatic heterocycles. The first-order chi connectivity index (χ1) is 10.7. The van der Waals surface area contributed by atoms with Gasteiger partial charge >= 0.3 is 0 Å². The Bertz CT molecular complexity index is 489. The van der Waals surface area contributed by atoms with Crippen LogP contribution in [0.5, 0.6) is 0 Å². The number of guanidine groups is 1. The number of ether oxygens (including phenoxy) is 1. The zero-order valence-corrected chi connectivity index (χ0v) is 13.6. The lowest BCUT2D eigenvalue weighted by molar-refractivity contribution is -0.120. The number of nitrogens with one attached hydrogen (secondary N) is 3. The average molecular weight is 306 g/mol. The maximum absolute atomic E-state index is 11.6. The van der Waals surface area contributed by atoms with Gasteiger partial charge in [0.25, 0.3) is 0 Å². The molecule has 0 radical (unpaired) electrons. The summed E-state index contributed by atoms with van der Waals surface area (Å²) >= 11 is 0. The molecule has 0 heterocycles. The minimum atomic E-state index is -0.0850. The zero-order chi connectivity index (χ0) is 16.2. The number of hydrogen-bond acceptors (Lipinski definition) is 3. The number of aliphatic imine (C=N–C) groups is 1. The predicted molar refractivity (Wildman–Crippen MR) is 88.9 cm³/mol. The summed E-state index contributed by atoms with van der Waals surface area (Å²) in [6, 6.07) is 8.22. The topological polar surface area (TPSA) is 74.8 Å². The maximum Gasteiger partial charge on any atom is 0.239 e. The van der Waals surface area contributed by atoms with Crippen molar-refractivity contribution in [2.24, 2.45) is 4.99 Å². The minimum absolute atomic E-state index is 0.0850. The molecule has 1 amide bonds. The molecule has 1 rings (SSSR count). The summed E-state index contributed by atoms with van der Waals surface area (Å²) in [5.41, 5.74) is 2.35. The summed E-state index contributed by atoms with van der Waals surface area (Å²) in [5.74, 6) is 0.545. The number of rotatable bonds is 8. The van der Waals surface area contributed by atoms with E-state index in [0.717, 1.165) is 12.1 Å². The normalized spacial score (nSPS) is 11.1. The number of hydrogen-bond donors (Lipinski definition) is 3. The monoisotopic (exact) mass is 306 g/mol. The number of benzene rings is 1. The molecule has 6 nitrogen and oxygen atoms in total. The van der Waals surface area contributed by atoms with Gasteiger partial charge < -0.3 is 20.7 Å². The molecular formula is C16H26N4O2. The molecule has 0 spiro atoms. The standard InChI is InChI=1S/C16H26N4O2/c1-4-17-16(20-12-15(21)18-8-9-22-3)19-11-14-7-5-6-13(2)10-14/h5-7,10H,4,8-9,11-12H2,1-3H3,(H,18,21)(H2,17,19,20). The summed E-state index contributed by atoms with van der Waals surface area (Å²) in [7, 11) is 1.60. The third-order valence-corrected chi connectivity index (χ3v) is 2.89. The molecule has 0 bridgehead atoms. The van der Waals surface area contributed by atoms with Crippen LogP contribution >= 0.6 is 0 Å². The van der Waals surface area contributed by atoms with E-state index in [9.17, 15) is 4.79 Å². The van der Waals surface area contributed by atoms with Gasteiger partial charge in [-0.05, 0) is 19.4 Å². The van der Waals surface area contributed by atoms with Gasteiger partial charge in [0.05, 0.1) is 19.7 Å². The smallest absolute Gasteiger partial charge is 0.239 e. The fourth-order valence-electron chi connectivity index (χ4n) is 1.84. The number of carbonyl (C=O) groups is 1. The molecule has 0 saturated heterocycles. The minimum Gasteiger partial charge on any atom is -0.383 e. The van der Waals surface area contributed by atoms with Crippen LogP contribution in [-0.4, -0.2) is 45.2 Å². The number of methoxy groups -OCH3 is 1. The van der Waals surface area contributed by atoms with E-state index >= 15 is 0 Å². The Morgan fingerprint density at radius 1 is 1.27 bits per heavy atom. The summed E-state index contributed by atoms with van der Waals surface area (Å²) in [6.45, 7) is 6.56. The molecule has 0 fully saturated rings. The maximum atomic E-state index is 11.6. The largest absolute Gasteiger partial charge is 0.383 e. The van der Waals surface area contributed by atoms with Gasteiger partial charge in [-0.1, -0.05) is 29.8 Å². The molecule has 0 unspecified atom stereocenters. The Hall–Kier alpha value is -2.08. The third-order valence-electron chi connectivity index (χ3n) is 2.89. The lowest BCUT2D eigenvalue weighted by Crippen LogP contribution is -2.43. The van der Waals surface area contributed by atoms with Crippen LogP contribution in [0, 0.1) is 6.92 Å². The Balaban J connectivity index is 2.46. The van der Waals surface area contributed by atoms with E-state index in [-0.39, 0.29) is 12.5 Å². The summed E-state index contributed by atoms with van der Waals surface area (Å²) < 4.78 is 4.88. The first kappa shape index (κ1) is 18.0. The fraction of sp³-hybridized carbons (Fsp3) is 0.500. The van der Waals surface area contributed by atoms with E-state index in [1.165, 1.54) is 5.56 Å². The number of amides is 1. The van der Waals surface area contributed by atoms with E-state index in [2.05, 4.69) is 40.0 Å². The van der Waals surface area contributed by atoms with Crippen molar-refractivity contribution in [3.8, 4) is 0 Å². The van der Waals surface area contributed by atoms with Gasteiger partial charge in [0.15, 0.2) is 5.96 Å². The van der Waals surface area contributed by atoms with Gasteiger partial charge in [-0.2, -0.15) is 0 Å². The van der Waals surface area contributed by atoms with Crippen molar-refractivity contribution >= 4 is 11.9 Å². The van der Waals surface area contributed by atoms with Crippen molar-refractivity contribution in [1.29, 1.82) is 0 Å². The van der Waals surface area contributed by atoms with E-state index < -0.39 is 0 Å². The highest BCUT2D eigenvalue weighted by Crippen LogP contribution is 2.04. The first-order valence-electron chi connectivity index (χ1n) is 7.49. The second-order valence-corrected chi connectivity index (χ2v) is 4.88. The van der Waals surface area contributed by atoms with Gasteiger partial charge in [0.2, 0.25) is 5.91 Å². The third kappa shape index (κ3) is 7.64. The van der Waals surface area contributed by atoms with Crippen LogP contribution in [0.1, 0.15) is 18.1 Å². The van der Waals surface area contributed by atoms with Crippen LogP contribution in [0.4, 0.5) is 0 Å². The Kier molecular flexibility index (Phi) is 8.67. The Labute approximate surface area is 132 Å². The molecule has 122 valence electrons. The van der Waals surface area contributed by atoms with Gasteiger partial charge in [0, 0.05) is 20.2 Å². The molecule has 6 heteroatoms. The molecule has 0 saturated carbocycles. The highest BCUT2D eigenvalue weighted by atomic mass is 16.5. The first-order valence-corrected chi connectivity index (χ1v) is 7.49. The van der Waals surface area contributed by atoms with Gasteiger partial charge in [-0.25, -0.2) is 4.99 Å². The van der Waals surface area contributed by atoms with Crippen LogP contribution in [0.25, 0.3) is 0 Å². The summed E-state index contributed by atoms with van der Waals surface area (Å²) in [6.07, 6.45) is 0. The lowest BCUT2D eigenvalue weighted by atomic mass is 10.1. The molecule has 0 aliphatic carbocycles. The van der Waals surface area contributed by atoms with E-state index in [0.29, 0.717) is 25.7 Å². The molecule has 1 aromatic rings. The second-order valence-electron chi connectivity index (χ2n) is 4.88. The van der Waals surface area contributed by atoms with Crippen LogP contribution in [-0.2, 0) is 16.1 Å². The molecule has 0 atom stereocenters. The van der Waals surface area contributed by atoms with Crippen molar-refractivity contribution in [3.63, 3.8) is 0 Å². The number of nitrogens with zero attached hydrogens (tertiary/aromatic N) is 1. The van der Waals surface area contributed by atoms with E-state index in [1.807, 2.05) is 19.1 Å². The van der Waals surface area contributed by atoms with E-state index in [1.54, 1.807) is 7.11 Å². The quantitative estimate of drug-likeness (QED) is 0.377. The molecule has 0 aliphatic heterocycles. The highest BCUT2D eigenvalue weighted by molar-refractivity contribution is 5.86. The molecule has 0 aliphatic rings. The number of aryl methyl sites for hydroxylation is 1. The van der Waals surface area contributed by atoms with Crippen molar-refractivity contribution in [1.82, 2.24) is 16.0 Å². The molecule has 1 aromatic carbocycles. The van der Waals surface area contributed by atoms with Crippen LogP contribution in [0.15, 0.2) is 29.3 Å². The van der Waals surface area contributed by atoms with Gasteiger partial charge in [0.1, 0.15) is 0 Å². The van der Waals surface area contributed by atoms with Gasteiger partial charge in [-0.3, -0.25) is 4.79 Å². The molecule has 22 heavy (non-hydrogen) atoms. The van der Waals surface area contributed by atoms with Gasteiger partial charge in [-0.15, -0.1) is 0 Å². The molecular weight excluding hydrogens is 280 g/mol. The van der Waals surface area contributed by atoms with E-state index in [4.69, 9.17) is 4.74 Å². The second kappa shape index (κ2) is 10.6. The SMILES string of the molecule is CCNC(=NCc1cccc(C)c1)NCC(=O)NCCOC. The van der Waals surface area contributed by atoms with Crippen molar-refractivity contribution < 1.29 is 9.53 Å². The van der Waals surface area contributed by atoms with Crippen molar-refractivity contribution in [3.05, 3.63) is 35.4 Å². The summed E-state index contributed by atoms with van der Waals surface area (Å²) in [5, 5.41) is 8.90. The highest BCUT2D eigenvalue weighted by Gasteiger charge is 2.03. The Morgan fingerprint density at radius 3 is 2.77 bits per heavy atom. The predicted octanol–water partition coefficient (Wildman–Crippen LogP) is 0.813. The number of carbonyl (C=O) groups excluding carboxylic acids is 1. The van der Waals surface area contributed by atoms with Crippen molar-refractivity contribution in [2.75, 3.05) is 33.4 Å². The lowest BCUT2D eigenvalue weighted by Gasteiger charge is -2.11. The van der Waals surface area contributed by atoms with Crippen LogP contribution in [0.2, 0.25) is 0 Å². The molecule has 3 N–H and O–H groups in total. The zero-order valence-electron chi connectivity index (χ0n) is 13.6.